The molecule has 0 aromatic heterocycles. The number of amides is 1. The number of anilines is 1. The lowest BCUT2D eigenvalue weighted by Crippen LogP contribution is -2.37. The summed E-state index contributed by atoms with van der Waals surface area (Å²) in [5.74, 6) is 0.238. The fraction of sp³-hybridized carbons (Fsp3) is 0.310. The Labute approximate surface area is 219 Å². The van der Waals surface area contributed by atoms with E-state index in [1.807, 2.05) is 77.3 Å². The van der Waals surface area contributed by atoms with Gasteiger partial charge in [0.05, 0.1) is 34.4 Å². The van der Waals surface area contributed by atoms with Gasteiger partial charge in [0.1, 0.15) is 0 Å². The summed E-state index contributed by atoms with van der Waals surface area (Å²) in [7, 11) is 3.88. The lowest BCUT2D eigenvalue weighted by molar-refractivity contribution is -0.133. The Morgan fingerprint density at radius 2 is 1.43 bits per heavy atom. The number of azo groups is 2. The average molecular weight is 496 g/mol. The van der Waals surface area contributed by atoms with Crippen LogP contribution in [-0.4, -0.2) is 38.0 Å². The van der Waals surface area contributed by atoms with Gasteiger partial charge in [0.25, 0.3) is 0 Å². The van der Waals surface area contributed by atoms with Gasteiger partial charge in [0.15, 0.2) is 0 Å². The zero-order valence-electron chi connectivity index (χ0n) is 22.1. The van der Waals surface area contributed by atoms with Crippen LogP contribution in [0.25, 0.3) is 0 Å². The SMILES string of the molecule is CC[C@@H](C)C(=O)N(C)CCN(C)c1ccc(N=Nc2ccc(N=Nc3ccc(C#N)cc3)cc2C)cc1. The maximum atomic E-state index is 12.3. The predicted molar refractivity (Wildman–Crippen MR) is 147 cm³/mol. The highest BCUT2D eigenvalue weighted by Crippen LogP contribution is 2.28. The van der Waals surface area contributed by atoms with Gasteiger partial charge in [-0.2, -0.15) is 25.7 Å². The summed E-state index contributed by atoms with van der Waals surface area (Å²) < 4.78 is 0. The fourth-order valence-electron chi connectivity index (χ4n) is 3.51. The van der Waals surface area contributed by atoms with E-state index in [-0.39, 0.29) is 11.8 Å². The van der Waals surface area contributed by atoms with E-state index in [0.717, 1.165) is 35.6 Å². The Bertz CT molecular complexity index is 1290. The number of carbonyl (C=O) groups is 1. The van der Waals surface area contributed by atoms with Gasteiger partial charge in [0.2, 0.25) is 5.91 Å². The Kier molecular flexibility index (Phi) is 9.61. The highest BCUT2D eigenvalue weighted by molar-refractivity contribution is 5.78. The fourth-order valence-corrected chi connectivity index (χ4v) is 3.51. The topological polar surface area (TPSA) is 96.8 Å². The number of rotatable bonds is 10. The highest BCUT2D eigenvalue weighted by atomic mass is 16.2. The van der Waals surface area contributed by atoms with Crippen LogP contribution in [-0.2, 0) is 4.79 Å². The summed E-state index contributed by atoms with van der Waals surface area (Å²) in [6.45, 7) is 7.37. The van der Waals surface area contributed by atoms with E-state index in [9.17, 15) is 4.79 Å². The van der Waals surface area contributed by atoms with Crippen molar-refractivity contribution in [2.24, 2.45) is 26.4 Å². The smallest absolute Gasteiger partial charge is 0.225 e. The van der Waals surface area contributed by atoms with Crippen LogP contribution in [0.1, 0.15) is 31.4 Å². The molecule has 0 aliphatic carbocycles. The lowest BCUT2D eigenvalue weighted by atomic mass is 10.1. The van der Waals surface area contributed by atoms with Crippen molar-refractivity contribution in [1.29, 1.82) is 5.26 Å². The summed E-state index contributed by atoms with van der Waals surface area (Å²) in [5, 5.41) is 26.1. The van der Waals surface area contributed by atoms with Crippen LogP contribution in [0.2, 0.25) is 0 Å². The van der Waals surface area contributed by atoms with E-state index in [1.54, 1.807) is 29.2 Å². The Hall–Kier alpha value is -4.38. The molecule has 0 spiro atoms. The molecule has 3 rings (SSSR count). The van der Waals surface area contributed by atoms with Crippen molar-refractivity contribution in [3.8, 4) is 6.07 Å². The zero-order valence-corrected chi connectivity index (χ0v) is 22.1. The monoisotopic (exact) mass is 495 g/mol. The molecule has 0 radical (unpaired) electrons. The Morgan fingerprint density at radius 1 is 0.865 bits per heavy atom. The van der Waals surface area contributed by atoms with E-state index >= 15 is 0 Å². The van der Waals surface area contributed by atoms with Gasteiger partial charge in [-0.1, -0.05) is 13.8 Å². The summed E-state index contributed by atoms with van der Waals surface area (Å²) in [6, 6.07) is 22.5. The minimum Gasteiger partial charge on any atom is -0.373 e. The molecule has 8 nitrogen and oxygen atoms in total. The van der Waals surface area contributed by atoms with Crippen LogP contribution in [0.3, 0.4) is 0 Å². The molecule has 0 aliphatic heterocycles. The van der Waals surface area contributed by atoms with Crippen LogP contribution in [0.4, 0.5) is 28.4 Å². The second kappa shape index (κ2) is 13.1. The quantitative estimate of drug-likeness (QED) is 0.270. The van der Waals surface area contributed by atoms with Gasteiger partial charge in [-0.3, -0.25) is 4.79 Å². The number of likely N-dealkylation sites (N-methyl/N-ethyl adjacent to an activating group) is 2. The van der Waals surface area contributed by atoms with Crippen molar-refractivity contribution >= 4 is 34.3 Å². The minimum atomic E-state index is 0.0538. The number of nitriles is 1. The first kappa shape index (κ1) is 27.2. The molecule has 37 heavy (non-hydrogen) atoms. The molecule has 0 heterocycles. The van der Waals surface area contributed by atoms with Gasteiger partial charge >= 0.3 is 0 Å². The van der Waals surface area contributed by atoms with Crippen LogP contribution in [0, 0.1) is 24.2 Å². The number of nitrogens with zero attached hydrogens (tertiary/aromatic N) is 7. The maximum absolute atomic E-state index is 12.3. The first-order chi connectivity index (χ1) is 17.8. The zero-order chi connectivity index (χ0) is 26.8. The van der Waals surface area contributed by atoms with Crippen LogP contribution in [0.5, 0.6) is 0 Å². The van der Waals surface area contributed by atoms with Crippen molar-refractivity contribution < 1.29 is 4.79 Å². The number of benzene rings is 3. The van der Waals surface area contributed by atoms with Crippen LogP contribution < -0.4 is 4.90 Å². The summed E-state index contributed by atoms with van der Waals surface area (Å²) in [5.41, 5.74) is 5.48. The molecule has 0 unspecified atom stereocenters. The van der Waals surface area contributed by atoms with Crippen molar-refractivity contribution in [2.45, 2.75) is 27.2 Å². The first-order valence-electron chi connectivity index (χ1n) is 12.3. The summed E-state index contributed by atoms with van der Waals surface area (Å²) in [6.07, 6.45) is 0.851. The second-order valence-corrected chi connectivity index (χ2v) is 9.04. The molecule has 1 amide bonds. The summed E-state index contributed by atoms with van der Waals surface area (Å²) in [4.78, 5) is 16.2. The molecule has 0 bridgehead atoms. The van der Waals surface area contributed by atoms with Crippen LogP contribution >= 0.6 is 0 Å². The molecule has 0 saturated carbocycles. The predicted octanol–water partition coefficient (Wildman–Crippen LogP) is 7.64. The molecule has 1 atom stereocenters. The Morgan fingerprint density at radius 3 is 2.03 bits per heavy atom. The second-order valence-electron chi connectivity index (χ2n) is 9.04. The number of hydrogen-bond acceptors (Lipinski definition) is 7. The Balaban J connectivity index is 1.57. The molecule has 190 valence electrons. The highest BCUT2D eigenvalue weighted by Gasteiger charge is 2.15. The average Bonchev–Trinajstić information content (AvgIpc) is 2.93. The molecule has 8 heteroatoms. The van der Waals surface area contributed by atoms with E-state index in [1.165, 1.54) is 0 Å². The standard InChI is InChI=1S/C29H33N7O/c1-6-21(2)29(37)36(5)18-17-35(4)27-14-11-25(12-15-27)32-34-28-16-13-26(19-22(28)3)33-31-24-9-7-23(20-30)8-10-24/h7-16,19,21H,6,17-18H2,1-5H3/t21-/m1/s1. The minimum absolute atomic E-state index is 0.0538. The van der Waals surface area contributed by atoms with Gasteiger partial charge in [-0.15, -0.1) is 0 Å². The van der Waals surface area contributed by atoms with Crippen molar-refractivity contribution in [1.82, 2.24) is 4.90 Å². The maximum Gasteiger partial charge on any atom is 0.225 e. The van der Waals surface area contributed by atoms with Gasteiger partial charge in [-0.05, 0) is 85.6 Å². The van der Waals surface area contributed by atoms with Gasteiger partial charge in [-0.25, -0.2) is 0 Å². The molecular formula is C29H33N7O. The summed E-state index contributed by atoms with van der Waals surface area (Å²) >= 11 is 0. The van der Waals surface area contributed by atoms with Crippen molar-refractivity contribution in [3.63, 3.8) is 0 Å². The third kappa shape index (κ3) is 7.80. The van der Waals surface area contributed by atoms with E-state index in [0.29, 0.717) is 23.5 Å². The van der Waals surface area contributed by atoms with E-state index in [4.69, 9.17) is 5.26 Å². The van der Waals surface area contributed by atoms with Crippen molar-refractivity contribution in [3.05, 3.63) is 77.9 Å². The largest absolute Gasteiger partial charge is 0.373 e. The normalized spacial score (nSPS) is 12.0. The molecule has 3 aromatic carbocycles. The lowest BCUT2D eigenvalue weighted by Gasteiger charge is -2.25. The molecule has 0 saturated heterocycles. The molecule has 0 fully saturated rings. The number of hydrogen-bond donors (Lipinski definition) is 0. The number of aryl methyl sites for hydroxylation is 1. The molecular weight excluding hydrogens is 462 g/mol. The van der Waals surface area contributed by atoms with E-state index < -0.39 is 0 Å². The molecule has 0 N–H and O–H groups in total. The van der Waals surface area contributed by atoms with E-state index in [2.05, 4.69) is 31.4 Å². The van der Waals surface area contributed by atoms with Gasteiger partial charge in [0, 0.05) is 38.8 Å². The third-order valence-corrected chi connectivity index (χ3v) is 6.20. The molecule has 0 aliphatic rings. The third-order valence-electron chi connectivity index (χ3n) is 6.20. The van der Waals surface area contributed by atoms with Gasteiger partial charge < -0.3 is 9.80 Å². The van der Waals surface area contributed by atoms with Crippen LogP contribution in [0.15, 0.2) is 87.2 Å². The number of carbonyl (C=O) groups excluding carboxylic acids is 1. The van der Waals surface area contributed by atoms with Crippen molar-refractivity contribution in [2.75, 3.05) is 32.1 Å². The molecule has 3 aromatic rings. The first-order valence-corrected chi connectivity index (χ1v) is 12.3.